The maximum atomic E-state index is 12.2. The topological polar surface area (TPSA) is 79.5 Å². The fourth-order valence-electron chi connectivity index (χ4n) is 2.56. The Morgan fingerprint density at radius 2 is 1.62 bits per heavy atom. The minimum atomic E-state index is -0.247. The molecule has 0 radical (unpaired) electrons. The molecule has 0 atom stereocenters. The SMILES string of the molecule is CNC(=O)c1ccc(Cl)c(NCC(=O)Nc2ccc(Oc3ccccc3)cc2)c1. The fourth-order valence-corrected chi connectivity index (χ4v) is 2.74. The van der Waals surface area contributed by atoms with Crippen molar-refractivity contribution >= 4 is 34.8 Å². The highest BCUT2D eigenvalue weighted by atomic mass is 35.5. The van der Waals surface area contributed by atoms with Crippen molar-refractivity contribution < 1.29 is 14.3 Å². The van der Waals surface area contributed by atoms with E-state index < -0.39 is 0 Å². The summed E-state index contributed by atoms with van der Waals surface area (Å²) >= 11 is 6.13. The first-order valence-electron chi connectivity index (χ1n) is 8.93. The largest absolute Gasteiger partial charge is 0.457 e. The second-order valence-electron chi connectivity index (χ2n) is 6.11. The molecule has 0 aliphatic carbocycles. The number of rotatable bonds is 7. The summed E-state index contributed by atoms with van der Waals surface area (Å²) in [4.78, 5) is 23.9. The Labute approximate surface area is 173 Å². The van der Waals surface area contributed by atoms with E-state index in [1.807, 2.05) is 30.3 Å². The third-order valence-electron chi connectivity index (χ3n) is 4.01. The summed E-state index contributed by atoms with van der Waals surface area (Å²) in [6.07, 6.45) is 0. The lowest BCUT2D eigenvalue weighted by molar-refractivity contribution is -0.114. The number of hydrogen-bond donors (Lipinski definition) is 3. The molecule has 0 bridgehead atoms. The molecule has 3 rings (SSSR count). The van der Waals surface area contributed by atoms with Crippen molar-refractivity contribution in [2.24, 2.45) is 0 Å². The number of nitrogens with one attached hydrogen (secondary N) is 3. The maximum Gasteiger partial charge on any atom is 0.251 e. The Morgan fingerprint density at radius 1 is 0.931 bits per heavy atom. The van der Waals surface area contributed by atoms with Crippen LogP contribution in [0.15, 0.2) is 72.8 Å². The van der Waals surface area contributed by atoms with Gasteiger partial charge in [0.05, 0.1) is 17.3 Å². The van der Waals surface area contributed by atoms with Crippen LogP contribution in [0.3, 0.4) is 0 Å². The van der Waals surface area contributed by atoms with Gasteiger partial charge in [-0.25, -0.2) is 0 Å². The lowest BCUT2D eigenvalue weighted by atomic mass is 10.2. The van der Waals surface area contributed by atoms with Crippen LogP contribution in [0.5, 0.6) is 11.5 Å². The van der Waals surface area contributed by atoms with Gasteiger partial charge in [-0.05, 0) is 54.6 Å². The van der Waals surface area contributed by atoms with Gasteiger partial charge in [0.25, 0.3) is 5.91 Å². The van der Waals surface area contributed by atoms with E-state index in [2.05, 4.69) is 16.0 Å². The zero-order valence-electron chi connectivity index (χ0n) is 15.7. The van der Waals surface area contributed by atoms with Gasteiger partial charge in [-0.2, -0.15) is 0 Å². The monoisotopic (exact) mass is 409 g/mol. The lowest BCUT2D eigenvalue weighted by Crippen LogP contribution is -2.22. The van der Waals surface area contributed by atoms with Crippen LogP contribution in [-0.4, -0.2) is 25.4 Å². The van der Waals surface area contributed by atoms with Crippen LogP contribution in [0.4, 0.5) is 11.4 Å². The number of carbonyl (C=O) groups excluding carboxylic acids is 2. The average molecular weight is 410 g/mol. The molecular weight excluding hydrogens is 390 g/mol. The van der Waals surface area contributed by atoms with E-state index in [4.69, 9.17) is 16.3 Å². The van der Waals surface area contributed by atoms with Crippen LogP contribution in [0.25, 0.3) is 0 Å². The van der Waals surface area contributed by atoms with Crippen molar-refractivity contribution in [3.8, 4) is 11.5 Å². The van der Waals surface area contributed by atoms with E-state index in [9.17, 15) is 9.59 Å². The number of para-hydroxylation sites is 1. The zero-order chi connectivity index (χ0) is 20.6. The number of benzene rings is 3. The third-order valence-corrected chi connectivity index (χ3v) is 4.34. The summed E-state index contributed by atoms with van der Waals surface area (Å²) < 4.78 is 5.72. The standard InChI is InChI=1S/C22H20ClN3O3/c1-24-22(28)15-7-12-19(23)20(13-15)25-14-21(27)26-16-8-10-18(11-9-16)29-17-5-3-2-4-6-17/h2-13,25H,14H2,1H3,(H,24,28)(H,26,27). The van der Waals surface area contributed by atoms with Crippen molar-refractivity contribution in [3.05, 3.63) is 83.4 Å². The molecule has 0 aliphatic rings. The van der Waals surface area contributed by atoms with Gasteiger partial charge in [-0.15, -0.1) is 0 Å². The summed E-state index contributed by atoms with van der Waals surface area (Å²) in [6, 6.07) is 21.3. The van der Waals surface area contributed by atoms with Gasteiger partial charge in [-0.3, -0.25) is 9.59 Å². The highest BCUT2D eigenvalue weighted by molar-refractivity contribution is 6.33. The Balaban J connectivity index is 1.55. The number of ether oxygens (including phenoxy) is 1. The molecule has 0 saturated carbocycles. The smallest absolute Gasteiger partial charge is 0.251 e. The second-order valence-corrected chi connectivity index (χ2v) is 6.52. The van der Waals surface area contributed by atoms with Crippen LogP contribution in [0, 0.1) is 0 Å². The van der Waals surface area contributed by atoms with E-state index in [-0.39, 0.29) is 18.4 Å². The van der Waals surface area contributed by atoms with Crippen LogP contribution >= 0.6 is 11.6 Å². The van der Waals surface area contributed by atoms with E-state index >= 15 is 0 Å². The molecule has 0 unspecified atom stereocenters. The van der Waals surface area contributed by atoms with Gasteiger partial charge in [-0.1, -0.05) is 29.8 Å². The van der Waals surface area contributed by atoms with Crippen molar-refractivity contribution in [3.63, 3.8) is 0 Å². The number of halogens is 1. The summed E-state index contributed by atoms with van der Waals surface area (Å²) in [6.45, 7) is -0.000809. The first kappa shape index (κ1) is 20.2. The van der Waals surface area contributed by atoms with E-state index in [1.54, 1.807) is 49.5 Å². The number of hydrogen-bond acceptors (Lipinski definition) is 4. The van der Waals surface area contributed by atoms with E-state index in [0.717, 1.165) is 5.75 Å². The molecule has 0 heterocycles. The van der Waals surface area contributed by atoms with Crippen molar-refractivity contribution in [2.45, 2.75) is 0 Å². The van der Waals surface area contributed by atoms with E-state index in [0.29, 0.717) is 27.7 Å². The van der Waals surface area contributed by atoms with Crippen LogP contribution < -0.4 is 20.7 Å². The molecule has 7 heteroatoms. The lowest BCUT2D eigenvalue weighted by Gasteiger charge is -2.11. The molecule has 3 N–H and O–H groups in total. The van der Waals surface area contributed by atoms with Crippen LogP contribution in [0.2, 0.25) is 5.02 Å². The highest BCUT2D eigenvalue weighted by Gasteiger charge is 2.09. The molecule has 0 spiro atoms. The van der Waals surface area contributed by atoms with E-state index in [1.165, 1.54) is 0 Å². The van der Waals surface area contributed by atoms with Crippen LogP contribution in [0.1, 0.15) is 10.4 Å². The molecule has 2 amide bonds. The molecular formula is C22H20ClN3O3. The van der Waals surface area contributed by atoms with Gasteiger partial charge in [0.2, 0.25) is 5.91 Å². The Bertz CT molecular complexity index is 992. The molecule has 0 saturated heterocycles. The summed E-state index contributed by atoms with van der Waals surface area (Å²) in [7, 11) is 1.55. The Hall–Kier alpha value is -3.51. The molecule has 148 valence electrons. The molecule has 0 aromatic heterocycles. The average Bonchev–Trinajstić information content (AvgIpc) is 2.75. The van der Waals surface area contributed by atoms with Gasteiger partial charge in [0, 0.05) is 18.3 Å². The van der Waals surface area contributed by atoms with Crippen molar-refractivity contribution in [1.82, 2.24) is 5.32 Å². The van der Waals surface area contributed by atoms with Crippen molar-refractivity contribution in [1.29, 1.82) is 0 Å². The molecule has 29 heavy (non-hydrogen) atoms. The number of amides is 2. The fraction of sp³-hybridized carbons (Fsp3) is 0.0909. The second kappa shape index (κ2) is 9.61. The summed E-state index contributed by atoms with van der Waals surface area (Å²) in [5.41, 5.74) is 1.60. The third kappa shape index (κ3) is 5.73. The minimum Gasteiger partial charge on any atom is -0.457 e. The molecule has 3 aromatic rings. The normalized spacial score (nSPS) is 10.1. The number of carbonyl (C=O) groups is 2. The minimum absolute atomic E-state index is 0.000809. The maximum absolute atomic E-state index is 12.2. The first-order valence-corrected chi connectivity index (χ1v) is 9.31. The van der Waals surface area contributed by atoms with Gasteiger partial charge in [0.15, 0.2) is 0 Å². The Morgan fingerprint density at radius 3 is 2.31 bits per heavy atom. The van der Waals surface area contributed by atoms with Gasteiger partial charge >= 0.3 is 0 Å². The van der Waals surface area contributed by atoms with Crippen LogP contribution in [-0.2, 0) is 4.79 Å². The molecule has 0 aliphatic heterocycles. The van der Waals surface area contributed by atoms with Crippen molar-refractivity contribution in [2.75, 3.05) is 24.2 Å². The molecule has 3 aromatic carbocycles. The molecule has 0 fully saturated rings. The highest BCUT2D eigenvalue weighted by Crippen LogP contribution is 2.24. The first-order chi connectivity index (χ1) is 14.0. The summed E-state index contributed by atoms with van der Waals surface area (Å²) in [5.74, 6) is 0.935. The van der Waals surface area contributed by atoms with Gasteiger partial charge in [0.1, 0.15) is 11.5 Å². The van der Waals surface area contributed by atoms with Gasteiger partial charge < -0.3 is 20.7 Å². The quantitative estimate of drug-likeness (QED) is 0.535. The zero-order valence-corrected chi connectivity index (χ0v) is 16.5. The predicted octanol–water partition coefficient (Wildman–Crippen LogP) is 4.54. The predicted molar refractivity (Wildman–Crippen MR) is 115 cm³/mol. The number of anilines is 2. The summed E-state index contributed by atoms with van der Waals surface area (Å²) in [5, 5.41) is 8.71. The molecule has 6 nitrogen and oxygen atoms in total. The Kier molecular flexibility index (Phi) is 6.71.